The summed E-state index contributed by atoms with van der Waals surface area (Å²) in [4.78, 5) is 16.0. The van der Waals surface area contributed by atoms with E-state index in [1.54, 1.807) is 12.1 Å². The standard InChI is InChI=1S/C22H25N5O2/c1-16-14-25-22(18-4-7-20(24-15-18)27-10-12-29-13-11-27)26-21(16)23-9-8-17-2-5-19(28)6-3-17/h2-7,14-15,28H,8-13H2,1H3,(H,23,25,26). The van der Waals surface area contributed by atoms with Crippen LogP contribution in [0.3, 0.4) is 0 Å². The highest BCUT2D eigenvalue weighted by Crippen LogP contribution is 2.21. The van der Waals surface area contributed by atoms with Crippen molar-refractivity contribution >= 4 is 11.6 Å². The van der Waals surface area contributed by atoms with Gasteiger partial charge in [-0.2, -0.15) is 0 Å². The van der Waals surface area contributed by atoms with Crippen LogP contribution in [0.4, 0.5) is 11.6 Å². The van der Waals surface area contributed by atoms with Crippen molar-refractivity contribution in [3.05, 3.63) is 59.9 Å². The molecule has 1 aliphatic rings. The molecule has 0 amide bonds. The minimum atomic E-state index is 0.284. The molecule has 0 saturated carbocycles. The van der Waals surface area contributed by atoms with Crippen LogP contribution in [0, 0.1) is 6.92 Å². The number of benzene rings is 1. The molecule has 1 aromatic carbocycles. The highest BCUT2D eigenvalue weighted by molar-refractivity contribution is 5.59. The number of pyridine rings is 1. The minimum Gasteiger partial charge on any atom is -0.508 e. The Hall–Kier alpha value is -3.19. The third-order valence-electron chi connectivity index (χ3n) is 4.96. The summed E-state index contributed by atoms with van der Waals surface area (Å²) in [6.07, 6.45) is 4.51. The molecule has 7 heteroatoms. The van der Waals surface area contributed by atoms with Gasteiger partial charge in [-0.25, -0.2) is 15.0 Å². The zero-order valence-electron chi connectivity index (χ0n) is 16.5. The Kier molecular flexibility index (Phi) is 5.86. The van der Waals surface area contributed by atoms with E-state index in [1.807, 2.05) is 43.6 Å². The number of hydrogen-bond acceptors (Lipinski definition) is 7. The number of aryl methyl sites for hydroxylation is 1. The first-order valence-electron chi connectivity index (χ1n) is 9.83. The smallest absolute Gasteiger partial charge is 0.163 e. The van der Waals surface area contributed by atoms with Gasteiger partial charge in [0.05, 0.1) is 13.2 Å². The Labute approximate surface area is 170 Å². The first-order valence-corrected chi connectivity index (χ1v) is 9.83. The summed E-state index contributed by atoms with van der Waals surface area (Å²) in [5.41, 5.74) is 3.05. The number of phenolic OH excluding ortho intramolecular Hbond substituents is 1. The minimum absolute atomic E-state index is 0.284. The molecule has 3 aromatic rings. The third kappa shape index (κ3) is 4.81. The molecular formula is C22H25N5O2. The quantitative estimate of drug-likeness (QED) is 0.668. The van der Waals surface area contributed by atoms with Gasteiger partial charge >= 0.3 is 0 Å². The molecule has 2 N–H and O–H groups in total. The van der Waals surface area contributed by atoms with Crippen LogP contribution in [0.5, 0.6) is 5.75 Å². The van der Waals surface area contributed by atoms with E-state index >= 15 is 0 Å². The molecule has 0 bridgehead atoms. The molecule has 3 heterocycles. The van der Waals surface area contributed by atoms with Crippen LogP contribution < -0.4 is 10.2 Å². The molecule has 0 radical (unpaired) electrons. The lowest BCUT2D eigenvalue weighted by molar-refractivity contribution is 0.122. The van der Waals surface area contributed by atoms with Crippen molar-refractivity contribution in [3.8, 4) is 17.1 Å². The van der Waals surface area contributed by atoms with Gasteiger partial charge in [-0.05, 0) is 43.2 Å². The van der Waals surface area contributed by atoms with E-state index in [1.165, 1.54) is 0 Å². The average Bonchev–Trinajstić information content (AvgIpc) is 2.77. The van der Waals surface area contributed by atoms with Gasteiger partial charge in [0.2, 0.25) is 0 Å². The van der Waals surface area contributed by atoms with E-state index in [2.05, 4.69) is 20.2 Å². The van der Waals surface area contributed by atoms with Gasteiger partial charge in [-0.1, -0.05) is 12.1 Å². The summed E-state index contributed by atoms with van der Waals surface area (Å²) in [6.45, 7) is 5.95. The van der Waals surface area contributed by atoms with E-state index in [0.717, 1.165) is 67.6 Å². The maximum absolute atomic E-state index is 9.38. The first-order chi connectivity index (χ1) is 14.2. The van der Waals surface area contributed by atoms with Gasteiger partial charge in [0.15, 0.2) is 5.82 Å². The number of aromatic hydroxyl groups is 1. The number of phenols is 1. The summed E-state index contributed by atoms with van der Waals surface area (Å²) in [5.74, 6) is 2.72. The zero-order valence-corrected chi connectivity index (χ0v) is 16.5. The summed E-state index contributed by atoms with van der Waals surface area (Å²) in [7, 11) is 0. The van der Waals surface area contributed by atoms with Crippen molar-refractivity contribution in [2.75, 3.05) is 43.1 Å². The van der Waals surface area contributed by atoms with Crippen molar-refractivity contribution < 1.29 is 9.84 Å². The highest BCUT2D eigenvalue weighted by Gasteiger charge is 2.13. The molecule has 0 unspecified atom stereocenters. The lowest BCUT2D eigenvalue weighted by Crippen LogP contribution is -2.36. The van der Waals surface area contributed by atoms with Crippen LogP contribution in [-0.4, -0.2) is 52.9 Å². The number of ether oxygens (including phenoxy) is 1. The van der Waals surface area contributed by atoms with Crippen LogP contribution in [0.2, 0.25) is 0 Å². The zero-order chi connectivity index (χ0) is 20.1. The van der Waals surface area contributed by atoms with Crippen molar-refractivity contribution in [3.63, 3.8) is 0 Å². The SMILES string of the molecule is Cc1cnc(-c2ccc(N3CCOCC3)nc2)nc1NCCc1ccc(O)cc1. The number of nitrogens with zero attached hydrogens (tertiary/aromatic N) is 4. The topological polar surface area (TPSA) is 83.4 Å². The molecule has 0 spiro atoms. The van der Waals surface area contributed by atoms with Gasteiger partial charge < -0.3 is 20.1 Å². The second kappa shape index (κ2) is 8.87. The van der Waals surface area contributed by atoms with Crippen LogP contribution in [0.1, 0.15) is 11.1 Å². The number of nitrogens with one attached hydrogen (secondary N) is 1. The number of rotatable bonds is 6. The van der Waals surface area contributed by atoms with Crippen molar-refractivity contribution in [1.29, 1.82) is 0 Å². The van der Waals surface area contributed by atoms with Crippen molar-refractivity contribution in [2.45, 2.75) is 13.3 Å². The van der Waals surface area contributed by atoms with E-state index in [0.29, 0.717) is 5.82 Å². The van der Waals surface area contributed by atoms with Gasteiger partial charge in [0.1, 0.15) is 17.4 Å². The van der Waals surface area contributed by atoms with E-state index in [4.69, 9.17) is 9.72 Å². The molecule has 7 nitrogen and oxygen atoms in total. The Morgan fingerprint density at radius 1 is 1.03 bits per heavy atom. The van der Waals surface area contributed by atoms with Crippen LogP contribution in [0.25, 0.3) is 11.4 Å². The Morgan fingerprint density at radius 3 is 2.55 bits per heavy atom. The van der Waals surface area contributed by atoms with Crippen LogP contribution in [0.15, 0.2) is 48.8 Å². The molecule has 0 aliphatic carbocycles. The molecule has 2 aromatic heterocycles. The maximum atomic E-state index is 9.38. The van der Waals surface area contributed by atoms with Crippen LogP contribution in [-0.2, 0) is 11.2 Å². The number of hydrogen-bond donors (Lipinski definition) is 2. The molecule has 150 valence electrons. The second-order valence-electron chi connectivity index (χ2n) is 7.07. The number of morpholine rings is 1. The normalized spacial score (nSPS) is 14.0. The fourth-order valence-electron chi connectivity index (χ4n) is 3.25. The fourth-order valence-corrected chi connectivity index (χ4v) is 3.25. The summed E-state index contributed by atoms with van der Waals surface area (Å²) >= 11 is 0. The Balaban J connectivity index is 1.42. The predicted octanol–water partition coefficient (Wildman–Crippen LogP) is 3.04. The van der Waals surface area contributed by atoms with Gasteiger partial charge in [0, 0.05) is 43.2 Å². The molecule has 1 aliphatic heterocycles. The van der Waals surface area contributed by atoms with Gasteiger partial charge in [-0.3, -0.25) is 0 Å². The molecule has 1 fully saturated rings. The fraction of sp³-hybridized carbons (Fsp3) is 0.318. The highest BCUT2D eigenvalue weighted by atomic mass is 16.5. The van der Waals surface area contributed by atoms with Crippen LogP contribution >= 0.6 is 0 Å². The monoisotopic (exact) mass is 391 g/mol. The maximum Gasteiger partial charge on any atom is 0.163 e. The number of anilines is 2. The molecule has 29 heavy (non-hydrogen) atoms. The third-order valence-corrected chi connectivity index (χ3v) is 4.96. The van der Waals surface area contributed by atoms with Crippen molar-refractivity contribution in [2.24, 2.45) is 0 Å². The van der Waals surface area contributed by atoms with Gasteiger partial charge in [-0.15, -0.1) is 0 Å². The molecular weight excluding hydrogens is 366 g/mol. The summed E-state index contributed by atoms with van der Waals surface area (Å²) in [5, 5.41) is 12.8. The lowest BCUT2D eigenvalue weighted by atomic mass is 10.1. The lowest BCUT2D eigenvalue weighted by Gasteiger charge is -2.27. The second-order valence-corrected chi connectivity index (χ2v) is 7.07. The van der Waals surface area contributed by atoms with Gasteiger partial charge in [0.25, 0.3) is 0 Å². The average molecular weight is 391 g/mol. The van der Waals surface area contributed by atoms with E-state index in [9.17, 15) is 5.11 Å². The number of aromatic nitrogens is 3. The largest absolute Gasteiger partial charge is 0.508 e. The Morgan fingerprint density at radius 2 is 1.83 bits per heavy atom. The van der Waals surface area contributed by atoms with Crippen molar-refractivity contribution in [1.82, 2.24) is 15.0 Å². The first kappa shape index (κ1) is 19.1. The Bertz CT molecular complexity index is 938. The van der Waals surface area contributed by atoms with E-state index in [-0.39, 0.29) is 5.75 Å². The molecule has 4 rings (SSSR count). The molecule has 1 saturated heterocycles. The predicted molar refractivity (Wildman–Crippen MR) is 113 cm³/mol. The molecule has 0 atom stereocenters. The summed E-state index contributed by atoms with van der Waals surface area (Å²) < 4.78 is 5.40. The summed E-state index contributed by atoms with van der Waals surface area (Å²) in [6, 6.07) is 11.3. The van der Waals surface area contributed by atoms with E-state index < -0.39 is 0 Å².